The minimum Gasteiger partial charge on any atom is -0.300 e. The SMILES string of the molecule is O=C1NC(=Nc2ccc([N+](=O)[O-])cc2Br)S/C1=C/c1ccc(Cl)cc1. The van der Waals surface area contributed by atoms with Crippen molar-refractivity contribution in [3.63, 3.8) is 0 Å². The van der Waals surface area contributed by atoms with E-state index in [1.807, 2.05) is 12.1 Å². The molecule has 126 valence electrons. The van der Waals surface area contributed by atoms with Crippen LogP contribution in [0, 0.1) is 10.1 Å². The number of rotatable bonds is 3. The normalized spacial score (nSPS) is 17.1. The Labute approximate surface area is 160 Å². The van der Waals surface area contributed by atoms with Crippen LogP contribution in [0.5, 0.6) is 0 Å². The molecule has 0 aliphatic carbocycles. The van der Waals surface area contributed by atoms with Crippen LogP contribution in [0.25, 0.3) is 6.08 Å². The van der Waals surface area contributed by atoms with Gasteiger partial charge in [-0.1, -0.05) is 23.7 Å². The van der Waals surface area contributed by atoms with Crippen LogP contribution in [0.15, 0.2) is 56.8 Å². The molecule has 1 N–H and O–H groups in total. The highest BCUT2D eigenvalue weighted by Crippen LogP contribution is 2.33. The molecule has 0 radical (unpaired) electrons. The Morgan fingerprint density at radius 3 is 2.60 bits per heavy atom. The topological polar surface area (TPSA) is 84.6 Å². The molecule has 0 spiro atoms. The molecular weight excluding hydrogens is 430 g/mol. The molecule has 1 aliphatic heterocycles. The minimum absolute atomic E-state index is 0.0396. The lowest BCUT2D eigenvalue weighted by Crippen LogP contribution is -2.19. The molecule has 1 fully saturated rings. The lowest BCUT2D eigenvalue weighted by atomic mass is 10.2. The van der Waals surface area contributed by atoms with Gasteiger partial charge >= 0.3 is 0 Å². The largest absolute Gasteiger partial charge is 0.300 e. The molecule has 3 rings (SSSR count). The van der Waals surface area contributed by atoms with Gasteiger partial charge in [-0.2, -0.15) is 0 Å². The molecule has 1 aliphatic rings. The summed E-state index contributed by atoms with van der Waals surface area (Å²) in [5, 5.41) is 14.5. The number of nitrogens with one attached hydrogen (secondary N) is 1. The molecule has 2 aromatic rings. The van der Waals surface area contributed by atoms with Gasteiger partial charge < -0.3 is 5.32 Å². The van der Waals surface area contributed by atoms with Crippen molar-refractivity contribution in [1.29, 1.82) is 0 Å². The number of amidine groups is 1. The van der Waals surface area contributed by atoms with Crippen molar-refractivity contribution in [1.82, 2.24) is 5.32 Å². The van der Waals surface area contributed by atoms with Gasteiger partial charge in [-0.3, -0.25) is 14.9 Å². The summed E-state index contributed by atoms with van der Waals surface area (Å²) in [4.78, 5) is 27.2. The number of hydrogen-bond donors (Lipinski definition) is 1. The summed E-state index contributed by atoms with van der Waals surface area (Å²) >= 11 is 10.3. The number of nitrogens with zero attached hydrogens (tertiary/aromatic N) is 2. The van der Waals surface area contributed by atoms with Gasteiger partial charge in [0.25, 0.3) is 11.6 Å². The van der Waals surface area contributed by atoms with Crippen molar-refractivity contribution < 1.29 is 9.72 Å². The zero-order valence-corrected chi connectivity index (χ0v) is 15.6. The smallest absolute Gasteiger partial charge is 0.270 e. The number of hydrogen-bond acceptors (Lipinski definition) is 5. The maximum Gasteiger partial charge on any atom is 0.270 e. The van der Waals surface area contributed by atoms with Gasteiger partial charge in [0.05, 0.1) is 20.0 Å². The number of benzene rings is 2. The van der Waals surface area contributed by atoms with Crippen LogP contribution < -0.4 is 5.32 Å². The van der Waals surface area contributed by atoms with Crippen LogP contribution in [0.3, 0.4) is 0 Å². The van der Waals surface area contributed by atoms with E-state index >= 15 is 0 Å². The second-order valence-corrected chi connectivity index (χ2v) is 7.25. The molecule has 6 nitrogen and oxygen atoms in total. The van der Waals surface area contributed by atoms with Gasteiger partial charge in [0.15, 0.2) is 5.17 Å². The van der Waals surface area contributed by atoms with Crippen molar-refractivity contribution in [3.05, 3.63) is 72.5 Å². The molecule has 1 amide bonds. The van der Waals surface area contributed by atoms with Crippen molar-refractivity contribution in [2.45, 2.75) is 0 Å². The third-order valence-corrected chi connectivity index (χ3v) is 4.98. The number of non-ortho nitro benzene ring substituents is 1. The summed E-state index contributed by atoms with van der Waals surface area (Å²) in [7, 11) is 0. The number of nitro groups is 1. The fourth-order valence-corrected chi connectivity index (χ4v) is 3.42. The highest BCUT2D eigenvalue weighted by molar-refractivity contribution is 9.10. The van der Waals surface area contributed by atoms with E-state index in [4.69, 9.17) is 11.6 Å². The molecule has 1 heterocycles. The molecule has 0 atom stereocenters. The summed E-state index contributed by atoms with van der Waals surface area (Å²) < 4.78 is 0.471. The van der Waals surface area contributed by atoms with Crippen LogP contribution in [0.1, 0.15) is 5.56 Å². The molecule has 0 aromatic heterocycles. The van der Waals surface area contributed by atoms with Gasteiger partial charge in [0.2, 0.25) is 0 Å². The van der Waals surface area contributed by atoms with Crippen LogP contribution in [0.4, 0.5) is 11.4 Å². The first-order valence-electron chi connectivity index (χ1n) is 6.91. The Hall–Kier alpha value is -2.16. The van der Waals surface area contributed by atoms with Crippen molar-refractivity contribution in [2.24, 2.45) is 4.99 Å². The Morgan fingerprint density at radius 2 is 1.96 bits per heavy atom. The highest BCUT2D eigenvalue weighted by Gasteiger charge is 2.24. The molecular formula is C16H9BrClN3O3S. The molecule has 25 heavy (non-hydrogen) atoms. The number of aliphatic imine (C=N–C) groups is 1. The zero-order chi connectivity index (χ0) is 18.0. The lowest BCUT2D eigenvalue weighted by Gasteiger charge is -2.00. The predicted molar refractivity (Wildman–Crippen MR) is 103 cm³/mol. The summed E-state index contributed by atoms with van der Waals surface area (Å²) in [6, 6.07) is 11.4. The van der Waals surface area contributed by atoms with Gasteiger partial charge in [-0.25, -0.2) is 4.99 Å². The fourth-order valence-electron chi connectivity index (χ4n) is 2.00. The van der Waals surface area contributed by atoms with Gasteiger partial charge in [-0.15, -0.1) is 0 Å². The number of carbonyl (C=O) groups is 1. The Bertz CT molecular complexity index is 929. The molecule has 0 saturated carbocycles. The number of nitro benzene ring substituents is 1. The van der Waals surface area contributed by atoms with Crippen LogP contribution in [-0.2, 0) is 4.79 Å². The number of amides is 1. The maximum atomic E-state index is 12.1. The summed E-state index contributed by atoms with van der Waals surface area (Å²) in [6.45, 7) is 0. The Balaban J connectivity index is 1.83. The Kier molecular flexibility index (Phi) is 5.22. The van der Waals surface area contributed by atoms with Crippen molar-refractivity contribution in [3.8, 4) is 0 Å². The molecule has 0 unspecified atom stereocenters. The molecule has 1 saturated heterocycles. The minimum atomic E-state index is -0.485. The number of halogens is 2. The van der Waals surface area contributed by atoms with Crippen molar-refractivity contribution >= 4 is 67.8 Å². The second kappa shape index (κ2) is 7.38. The highest BCUT2D eigenvalue weighted by atomic mass is 79.9. The first-order valence-corrected chi connectivity index (χ1v) is 8.90. The van der Waals surface area contributed by atoms with E-state index in [9.17, 15) is 14.9 Å². The van der Waals surface area contributed by atoms with E-state index in [0.29, 0.717) is 25.3 Å². The van der Waals surface area contributed by atoms with Crippen molar-refractivity contribution in [2.75, 3.05) is 0 Å². The van der Waals surface area contributed by atoms with E-state index in [-0.39, 0.29) is 11.6 Å². The average Bonchev–Trinajstić information content (AvgIpc) is 2.91. The predicted octanol–water partition coefficient (Wildman–Crippen LogP) is 4.90. The van der Waals surface area contributed by atoms with Crippen LogP contribution in [-0.4, -0.2) is 16.0 Å². The summed E-state index contributed by atoms with van der Waals surface area (Å²) in [5.74, 6) is -0.253. The number of thioether (sulfide) groups is 1. The second-order valence-electron chi connectivity index (χ2n) is 4.93. The van der Waals surface area contributed by atoms with E-state index in [2.05, 4.69) is 26.2 Å². The Morgan fingerprint density at radius 1 is 1.24 bits per heavy atom. The maximum absolute atomic E-state index is 12.1. The van der Waals surface area contributed by atoms with Crippen LogP contribution >= 0.6 is 39.3 Å². The van der Waals surface area contributed by atoms with Gasteiger partial charge in [-0.05, 0) is 57.5 Å². The van der Waals surface area contributed by atoms with E-state index in [0.717, 1.165) is 5.56 Å². The standard InChI is InChI=1S/C16H9BrClN3O3S/c17-12-8-11(21(23)24)5-6-13(12)19-16-20-15(22)14(25-16)7-9-1-3-10(18)4-2-9/h1-8H,(H,19,20,22)/b14-7+. The van der Waals surface area contributed by atoms with E-state index in [1.54, 1.807) is 18.2 Å². The quantitative estimate of drug-likeness (QED) is 0.419. The van der Waals surface area contributed by atoms with Gasteiger partial charge in [0, 0.05) is 17.2 Å². The third-order valence-electron chi connectivity index (χ3n) is 3.18. The summed E-state index contributed by atoms with van der Waals surface area (Å²) in [5.41, 5.74) is 1.29. The molecule has 0 bridgehead atoms. The first-order chi connectivity index (χ1) is 11.9. The zero-order valence-electron chi connectivity index (χ0n) is 12.4. The average molecular weight is 439 g/mol. The molecule has 9 heteroatoms. The van der Waals surface area contributed by atoms with E-state index in [1.165, 1.54) is 30.0 Å². The van der Waals surface area contributed by atoms with Crippen LogP contribution in [0.2, 0.25) is 5.02 Å². The van der Waals surface area contributed by atoms with Gasteiger partial charge in [0.1, 0.15) is 0 Å². The first kappa shape index (κ1) is 17.7. The molecule has 2 aromatic carbocycles. The fraction of sp³-hybridized carbons (Fsp3) is 0. The van der Waals surface area contributed by atoms with E-state index < -0.39 is 4.92 Å². The number of carbonyl (C=O) groups excluding carboxylic acids is 1. The monoisotopic (exact) mass is 437 g/mol. The third kappa shape index (κ3) is 4.28. The summed E-state index contributed by atoms with van der Waals surface area (Å²) in [6.07, 6.45) is 1.74. The lowest BCUT2D eigenvalue weighted by molar-refractivity contribution is -0.384.